The van der Waals surface area contributed by atoms with Gasteiger partial charge in [-0.05, 0) is 40.6 Å². The third-order valence-corrected chi connectivity index (χ3v) is 4.18. The number of nitrogens with one attached hydrogen (secondary N) is 1. The molecule has 0 heterocycles. The van der Waals surface area contributed by atoms with Crippen molar-refractivity contribution in [2.45, 2.75) is 0 Å². The number of nitriles is 1. The molecular weight excluding hydrogens is 374 g/mol. The molecule has 0 unspecified atom stereocenters. The van der Waals surface area contributed by atoms with E-state index in [2.05, 4.69) is 5.32 Å². The van der Waals surface area contributed by atoms with E-state index in [-0.39, 0.29) is 16.9 Å². The van der Waals surface area contributed by atoms with Crippen molar-refractivity contribution in [3.05, 3.63) is 75.8 Å². The number of nitrogens with zero attached hydrogens (tertiary/aromatic N) is 2. The van der Waals surface area contributed by atoms with E-state index in [9.17, 15) is 25.3 Å². The van der Waals surface area contributed by atoms with Crippen molar-refractivity contribution in [1.29, 1.82) is 5.26 Å². The number of hydrogen-bond donors (Lipinski definition) is 2. The van der Waals surface area contributed by atoms with Gasteiger partial charge in [-0.2, -0.15) is 5.26 Å². The van der Waals surface area contributed by atoms with Crippen molar-refractivity contribution in [1.82, 2.24) is 0 Å². The highest BCUT2D eigenvalue weighted by molar-refractivity contribution is 6.10. The van der Waals surface area contributed by atoms with Gasteiger partial charge in [0.25, 0.3) is 5.91 Å². The fourth-order valence-electron chi connectivity index (χ4n) is 2.77. The summed E-state index contributed by atoms with van der Waals surface area (Å²) in [4.78, 5) is 22.8. The van der Waals surface area contributed by atoms with Crippen LogP contribution in [0.15, 0.2) is 60.2 Å². The van der Waals surface area contributed by atoms with Crippen LogP contribution < -0.4 is 10.1 Å². The molecule has 144 valence electrons. The van der Waals surface area contributed by atoms with Crippen LogP contribution in [0.4, 0.5) is 11.4 Å². The Bertz CT molecular complexity index is 1190. The quantitative estimate of drug-likeness (QED) is 0.294. The molecule has 0 atom stereocenters. The molecule has 0 fully saturated rings. The minimum Gasteiger partial charge on any atom is -0.500 e. The Morgan fingerprint density at radius 2 is 1.93 bits per heavy atom. The van der Waals surface area contributed by atoms with Crippen LogP contribution in [-0.4, -0.2) is 23.0 Å². The van der Waals surface area contributed by atoms with Gasteiger partial charge in [0.05, 0.1) is 12.0 Å². The van der Waals surface area contributed by atoms with Crippen LogP contribution >= 0.6 is 0 Å². The average Bonchev–Trinajstić information content (AvgIpc) is 2.72. The molecule has 0 aromatic heterocycles. The third-order valence-electron chi connectivity index (χ3n) is 4.18. The molecule has 0 bridgehead atoms. The normalized spacial score (nSPS) is 11.0. The summed E-state index contributed by atoms with van der Waals surface area (Å²) in [5, 5.41) is 34.9. The number of hydrogen-bond acceptors (Lipinski definition) is 6. The Hall–Kier alpha value is -4.38. The van der Waals surface area contributed by atoms with Crippen LogP contribution in [0.3, 0.4) is 0 Å². The number of rotatable bonds is 5. The van der Waals surface area contributed by atoms with E-state index >= 15 is 0 Å². The maximum atomic E-state index is 12.5. The molecule has 0 aliphatic rings. The number of nitro benzene ring substituents is 1. The number of carbonyl (C=O) groups excluding carboxylic acids is 1. The number of amides is 1. The van der Waals surface area contributed by atoms with Gasteiger partial charge >= 0.3 is 5.69 Å². The van der Waals surface area contributed by atoms with Crippen LogP contribution in [0.5, 0.6) is 11.5 Å². The molecule has 8 nitrogen and oxygen atoms in total. The number of phenolic OH excluding ortho intramolecular Hbond substituents is 1. The first-order valence-corrected chi connectivity index (χ1v) is 8.40. The average molecular weight is 389 g/mol. The highest BCUT2D eigenvalue weighted by Crippen LogP contribution is 2.37. The number of ether oxygens (including phenoxy) is 1. The van der Waals surface area contributed by atoms with Crippen LogP contribution in [0, 0.1) is 21.4 Å². The van der Waals surface area contributed by atoms with Crippen LogP contribution in [0.1, 0.15) is 5.56 Å². The molecule has 0 saturated heterocycles. The predicted octanol–water partition coefficient (Wildman–Crippen LogP) is 4.01. The molecule has 3 rings (SSSR count). The van der Waals surface area contributed by atoms with Crippen LogP contribution in [-0.2, 0) is 4.79 Å². The number of phenols is 1. The van der Waals surface area contributed by atoms with E-state index in [0.717, 1.165) is 16.8 Å². The number of fused-ring (bicyclic) bond motifs is 1. The van der Waals surface area contributed by atoms with Gasteiger partial charge in [-0.1, -0.05) is 30.3 Å². The maximum absolute atomic E-state index is 12.5. The molecular formula is C21H15N3O5. The fraction of sp³-hybridized carbons (Fsp3) is 0.0476. The van der Waals surface area contributed by atoms with E-state index in [1.807, 2.05) is 30.3 Å². The van der Waals surface area contributed by atoms with Gasteiger partial charge in [-0.25, -0.2) is 0 Å². The van der Waals surface area contributed by atoms with Gasteiger partial charge in [0.15, 0.2) is 5.75 Å². The molecule has 0 spiro atoms. The summed E-state index contributed by atoms with van der Waals surface area (Å²) in [6.45, 7) is 0. The standard InChI is InChI=1S/C21H15N3O5/c1-29-19-10-13(9-18(20(19)25)24(27)28)8-16(12-22)21(26)23-17-7-6-14-4-2-3-5-15(14)11-17/h2-11,25H,1H3,(H,23,26)/b16-8-. The molecule has 2 N–H and O–H groups in total. The molecule has 3 aromatic rings. The van der Waals surface area contributed by atoms with Crippen molar-refractivity contribution in [3.63, 3.8) is 0 Å². The van der Waals surface area contributed by atoms with Crippen molar-refractivity contribution in [2.75, 3.05) is 12.4 Å². The number of methoxy groups -OCH3 is 1. The number of nitro groups is 1. The third kappa shape index (κ3) is 4.14. The summed E-state index contributed by atoms with van der Waals surface area (Å²) in [5.41, 5.74) is -0.191. The second-order valence-electron chi connectivity index (χ2n) is 6.03. The second-order valence-corrected chi connectivity index (χ2v) is 6.03. The molecule has 0 aliphatic heterocycles. The zero-order chi connectivity index (χ0) is 21.0. The van der Waals surface area contributed by atoms with Crippen molar-refractivity contribution >= 4 is 34.1 Å². The highest BCUT2D eigenvalue weighted by Gasteiger charge is 2.20. The smallest absolute Gasteiger partial charge is 0.315 e. The molecule has 3 aromatic carbocycles. The first-order chi connectivity index (χ1) is 13.9. The lowest BCUT2D eigenvalue weighted by molar-refractivity contribution is -0.386. The molecule has 0 aliphatic carbocycles. The van der Waals surface area contributed by atoms with Crippen LogP contribution in [0.2, 0.25) is 0 Å². The molecule has 29 heavy (non-hydrogen) atoms. The van der Waals surface area contributed by atoms with Gasteiger partial charge in [-0.15, -0.1) is 0 Å². The van der Waals surface area contributed by atoms with E-state index in [0.29, 0.717) is 5.69 Å². The lowest BCUT2D eigenvalue weighted by Crippen LogP contribution is -2.13. The van der Waals surface area contributed by atoms with E-state index in [4.69, 9.17) is 4.74 Å². The Morgan fingerprint density at radius 1 is 1.21 bits per heavy atom. The fourth-order valence-corrected chi connectivity index (χ4v) is 2.77. The van der Waals surface area contributed by atoms with Gasteiger partial charge in [0, 0.05) is 11.8 Å². The Morgan fingerprint density at radius 3 is 2.59 bits per heavy atom. The highest BCUT2D eigenvalue weighted by atomic mass is 16.6. The summed E-state index contributed by atoms with van der Waals surface area (Å²) in [6, 6.07) is 17.1. The molecule has 0 saturated carbocycles. The SMILES string of the molecule is COc1cc(/C=C(/C#N)C(=O)Nc2ccc3ccccc3c2)cc([N+](=O)[O-])c1O. The largest absolute Gasteiger partial charge is 0.500 e. The minimum atomic E-state index is -0.781. The first-order valence-electron chi connectivity index (χ1n) is 8.40. The molecule has 8 heteroatoms. The Balaban J connectivity index is 1.92. The van der Waals surface area contributed by atoms with Crippen LogP contribution in [0.25, 0.3) is 16.8 Å². The van der Waals surface area contributed by atoms with E-state index in [1.54, 1.807) is 18.2 Å². The van der Waals surface area contributed by atoms with E-state index in [1.165, 1.54) is 19.3 Å². The summed E-state index contributed by atoms with van der Waals surface area (Å²) in [6.07, 6.45) is 1.19. The molecule has 1 amide bonds. The summed E-state index contributed by atoms with van der Waals surface area (Å²) in [7, 11) is 1.24. The zero-order valence-electron chi connectivity index (χ0n) is 15.2. The molecule has 0 radical (unpaired) electrons. The summed E-state index contributed by atoms with van der Waals surface area (Å²) in [5.74, 6) is -1.44. The van der Waals surface area contributed by atoms with Crippen molar-refractivity contribution in [3.8, 4) is 17.6 Å². The zero-order valence-corrected chi connectivity index (χ0v) is 15.2. The maximum Gasteiger partial charge on any atom is 0.315 e. The lowest BCUT2D eigenvalue weighted by Gasteiger charge is -2.07. The number of benzene rings is 3. The van der Waals surface area contributed by atoms with E-state index < -0.39 is 22.3 Å². The number of aromatic hydroxyl groups is 1. The Labute approximate surface area is 165 Å². The van der Waals surface area contributed by atoms with Crippen molar-refractivity contribution in [2.24, 2.45) is 0 Å². The lowest BCUT2D eigenvalue weighted by atomic mass is 10.1. The number of carbonyl (C=O) groups is 1. The topological polar surface area (TPSA) is 125 Å². The van der Waals surface area contributed by atoms with Crippen molar-refractivity contribution < 1.29 is 19.6 Å². The predicted molar refractivity (Wildman–Crippen MR) is 107 cm³/mol. The second kappa shape index (κ2) is 8.10. The summed E-state index contributed by atoms with van der Waals surface area (Å²) >= 11 is 0. The van der Waals surface area contributed by atoms with Gasteiger partial charge in [0.2, 0.25) is 5.75 Å². The monoisotopic (exact) mass is 389 g/mol. The minimum absolute atomic E-state index is 0.141. The van der Waals surface area contributed by atoms with Gasteiger partial charge < -0.3 is 15.2 Å². The van der Waals surface area contributed by atoms with Gasteiger partial charge in [0.1, 0.15) is 11.6 Å². The summed E-state index contributed by atoms with van der Waals surface area (Å²) < 4.78 is 4.92. The first kappa shape index (κ1) is 19.4. The number of anilines is 1. The van der Waals surface area contributed by atoms with Gasteiger partial charge in [-0.3, -0.25) is 14.9 Å². The Kier molecular flexibility index (Phi) is 5.42.